The fraction of sp³-hybridized carbons (Fsp3) is 0.667. The van der Waals surface area contributed by atoms with Crippen molar-refractivity contribution in [3.63, 3.8) is 0 Å². The lowest BCUT2D eigenvalue weighted by atomic mass is 10.0. The maximum Gasteiger partial charge on any atom is -0.0279 e. The number of rotatable bonds is 16. The number of hydrogen-bond donors (Lipinski definition) is 0. The molecule has 0 heterocycles. The second-order valence-corrected chi connectivity index (χ2v) is 7.28. The zero-order valence-corrected chi connectivity index (χ0v) is 16.2. The number of allylic oxidation sites excluding steroid dienone is 1. The van der Waals surface area contributed by atoms with Crippen LogP contribution in [0.3, 0.4) is 0 Å². The lowest BCUT2D eigenvalue weighted by molar-refractivity contribution is 0.575. The van der Waals surface area contributed by atoms with Crippen LogP contribution in [0.4, 0.5) is 0 Å². The summed E-state index contributed by atoms with van der Waals surface area (Å²) in [6, 6.07) is 9.41. The second kappa shape index (κ2) is 15.5. The highest BCUT2D eigenvalue weighted by molar-refractivity contribution is 5.22. The number of hydrogen-bond acceptors (Lipinski definition) is 0. The summed E-state index contributed by atoms with van der Waals surface area (Å²) in [7, 11) is 0. The molecular weight excluding hydrogens is 288 g/mol. The van der Waals surface area contributed by atoms with Gasteiger partial charge in [0.2, 0.25) is 0 Å². The van der Waals surface area contributed by atoms with Gasteiger partial charge in [0.05, 0.1) is 0 Å². The minimum atomic E-state index is 1.17. The summed E-state index contributed by atoms with van der Waals surface area (Å²) < 4.78 is 0. The average molecular weight is 329 g/mol. The molecule has 0 heteroatoms. The monoisotopic (exact) mass is 328 g/mol. The molecule has 0 nitrogen and oxygen atoms in total. The van der Waals surface area contributed by atoms with Gasteiger partial charge < -0.3 is 0 Å². The second-order valence-electron chi connectivity index (χ2n) is 7.28. The van der Waals surface area contributed by atoms with Gasteiger partial charge in [0, 0.05) is 0 Å². The molecule has 0 aliphatic rings. The van der Waals surface area contributed by atoms with Gasteiger partial charge in [-0.15, -0.1) is 6.58 Å². The summed E-state index contributed by atoms with van der Waals surface area (Å²) in [5.74, 6) is 0. The lowest BCUT2D eigenvalue weighted by Gasteiger charge is -2.05. The fourth-order valence-corrected chi connectivity index (χ4v) is 3.31. The Kier molecular flexibility index (Phi) is 13.6. The predicted octanol–water partition coefficient (Wildman–Crippen LogP) is 8.05. The van der Waals surface area contributed by atoms with Crippen molar-refractivity contribution >= 4 is 0 Å². The Bertz CT molecular complexity index is 387. The van der Waals surface area contributed by atoms with Crippen LogP contribution < -0.4 is 0 Å². The van der Waals surface area contributed by atoms with E-state index < -0.39 is 0 Å². The first-order valence-corrected chi connectivity index (χ1v) is 10.6. The van der Waals surface area contributed by atoms with E-state index in [2.05, 4.69) is 37.8 Å². The van der Waals surface area contributed by atoms with E-state index in [-0.39, 0.29) is 0 Å². The molecule has 0 saturated carbocycles. The first-order chi connectivity index (χ1) is 11.9. The van der Waals surface area contributed by atoms with Gasteiger partial charge in [-0.05, 0) is 49.7 Å². The first-order valence-electron chi connectivity index (χ1n) is 10.6. The first kappa shape index (κ1) is 21.0. The third kappa shape index (κ3) is 11.5. The van der Waals surface area contributed by atoms with Gasteiger partial charge in [-0.25, -0.2) is 0 Å². The van der Waals surface area contributed by atoms with Crippen molar-refractivity contribution in [2.45, 2.75) is 103 Å². The van der Waals surface area contributed by atoms with E-state index in [1.165, 1.54) is 107 Å². The Balaban J connectivity index is 2.02. The third-order valence-corrected chi connectivity index (χ3v) is 4.97. The summed E-state index contributed by atoms with van der Waals surface area (Å²) >= 11 is 0. The molecule has 0 radical (unpaired) electrons. The summed E-state index contributed by atoms with van der Waals surface area (Å²) in [5.41, 5.74) is 3.04. The van der Waals surface area contributed by atoms with Crippen LogP contribution in [-0.2, 0) is 12.8 Å². The van der Waals surface area contributed by atoms with E-state index >= 15 is 0 Å². The molecule has 0 aromatic heterocycles. The molecule has 0 atom stereocenters. The SMILES string of the molecule is C=CCCCCCCc1ccc(CCCCCCCCCC)cc1. The lowest BCUT2D eigenvalue weighted by Crippen LogP contribution is -1.90. The van der Waals surface area contributed by atoms with E-state index in [1.807, 2.05) is 6.08 Å². The molecule has 0 aliphatic heterocycles. The summed E-state index contributed by atoms with van der Waals surface area (Å²) in [5, 5.41) is 0. The summed E-state index contributed by atoms with van der Waals surface area (Å²) in [6.07, 6.45) is 22.3. The standard InChI is InChI=1S/C24H40/c1-3-5-7-9-11-12-14-16-18-24-21-19-23(20-22-24)17-15-13-10-8-6-4-2/h4,19-22H,2-3,5-18H2,1H3. The molecule has 0 bridgehead atoms. The van der Waals surface area contributed by atoms with Crippen LogP contribution in [0, 0.1) is 0 Å². The topological polar surface area (TPSA) is 0 Å². The van der Waals surface area contributed by atoms with Crippen molar-refractivity contribution in [2.75, 3.05) is 0 Å². The molecule has 0 aliphatic carbocycles. The molecule has 1 rings (SSSR count). The zero-order chi connectivity index (χ0) is 17.3. The largest absolute Gasteiger partial charge is 0.103 e. The Morgan fingerprint density at radius 1 is 0.625 bits per heavy atom. The van der Waals surface area contributed by atoms with Crippen LogP contribution in [0.1, 0.15) is 102 Å². The molecule has 1 aromatic carbocycles. The molecule has 0 fully saturated rings. The molecular formula is C24H40. The van der Waals surface area contributed by atoms with Crippen molar-refractivity contribution in [2.24, 2.45) is 0 Å². The van der Waals surface area contributed by atoms with E-state index in [1.54, 1.807) is 0 Å². The molecule has 0 saturated heterocycles. The Morgan fingerprint density at radius 2 is 1.04 bits per heavy atom. The Labute approximate surface area is 151 Å². The summed E-state index contributed by atoms with van der Waals surface area (Å²) in [4.78, 5) is 0. The van der Waals surface area contributed by atoms with Gasteiger partial charge in [0.15, 0.2) is 0 Å². The van der Waals surface area contributed by atoms with E-state index in [0.717, 1.165) is 0 Å². The van der Waals surface area contributed by atoms with Gasteiger partial charge in [0.25, 0.3) is 0 Å². The number of unbranched alkanes of at least 4 members (excludes halogenated alkanes) is 11. The number of aryl methyl sites for hydroxylation is 2. The highest BCUT2D eigenvalue weighted by Crippen LogP contribution is 2.14. The summed E-state index contributed by atoms with van der Waals surface area (Å²) in [6.45, 7) is 6.07. The van der Waals surface area contributed by atoms with Crippen LogP contribution >= 0.6 is 0 Å². The maximum absolute atomic E-state index is 3.78. The Morgan fingerprint density at radius 3 is 1.50 bits per heavy atom. The van der Waals surface area contributed by atoms with Gasteiger partial charge in [-0.1, -0.05) is 95.1 Å². The van der Waals surface area contributed by atoms with Gasteiger partial charge in [-0.3, -0.25) is 0 Å². The van der Waals surface area contributed by atoms with E-state index in [4.69, 9.17) is 0 Å². The van der Waals surface area contributed by atoms with E-state index in [9.17, 15) is 0 Å². The number of benzene rings is 1. The van der Waals surface area contributed by atoms with Crippen molar-refractivity contribution < 1.29 is 0 Å². The molecule has 24 heavy (non-hydrogen) atoms. The van der Waals surface area contributed by atoms with Crippen LogP contribution in [-0.4, -0.2) is 0 Å². The molecule has 0 unspecified atom stereocenters. The van der Waals surface area contributed by atoms with Crippen molar-refractivity contribution in [1.82, 2.24) is 0 Å². The van der Waals surface area contributed by atoms with Crippen molar-refractivity contribution in [1.29, 1.82) is 0 Å². The minimum Gasteiger partial charge on any atom is -0.103 e. The van der Waals surface area contributed by atoms with Gasteiger partial charge in [0.1, 0.15) is 0 Å². The molecule has 1 aromatic rings. The highest BCUT2D eigenvalue weighted by Gasteiger charge is 1.97. The fourth-order valence-electron chi connectivity index (χ4n) is 3.31. The predicted molar refractivity (Wildman–Crippen MR) is 110 cm³/mol. The van der Waals surface area contributed by atoms with Gasteiger partial charge in [-0.2, -0.15) is 0 Å². The quantitative estimate of drug-likeness (QED) is 0.213. The molecule has 0 N–H and O–H groups in total. The van der Waals surface area contributed by atoms with Crippen LogP contribution in [0.15, 0.2) is 36.9 Å². The zero-order valence-electron chi connectivity index (χ0n) is 16.2. The average Bonchev–Trinajstić information content (AvgIpc) is 2.61. The smallest absolute Gasteiger partial charge is 0.0279 e. The molecule has 0 spiro atoms. The van der Waals surface area contributed by atoms with Crippen molar-refractivity contribution in [3.8, 4) is 0 Å². The van der Waals surface area contributed by atoms with Crippen molar-refractivity contribution in [3.05, 3.63) is 48.0 Å². The Hall–Kier alpha value is -1.04. The van der Waals surface area contributed by atoms with Crippen LogP contribution in [0.2, 0.25) is 0 Å². The van der Waals surface area contributed by atoms with Gasteiger partial charge >= 0.3 is 0 Å². The minimum absolute atomic E-state index is 1.17. The van der Waals surface area contributed by atoms with Crippen LogP contribution in [0.25, 0.3) is 0 Å². The van der Waals surface area contributed by atoms with Crippen LogP contribution in [0.5, 0.6) is 0 Å². The molecule has 136 valence electrons. The highest BCUT2D eigenvalue weighted by atomic mass is 14.0. The van der Waals surface area contributed by atoms with E-state index in [0.29, 0.717) is 0 Å². The molecule has 0 amide bonds. The third-order valence-electron chi connectivity index (χ3n) is 4.97. The maximum atomic E-state index is 3.78. The normalized spacial score (nSPS) is 10.9.